The van der Waals surface area contributed by atoms with E-state index in [-0.39, 0.29) is 12.5 Å². The van der Waals surface area contributed by atoms with Crippen LogP contribution in [-0.2, 0) is 12.7 Å². The molecule has 3 heterocycles. The third kappa shape index (κ3) is 3.83. The van der Waals surface area contributed by atoms with Crippen molar-refractivity contribution in [2.45, 2.75) is 25.6 Å². The van der Waals surface area contributed by atoms with Crippen molar-refractivity contribution in [3.63, 3.8) is 0 Å². The van der Waals surface area contributed by atoms with Gasteiger partial charge in [-0.15, -0.1) is 0 Å². The van der Waals surface area contributed by atoms with Crippen molar-refractivity contribution in [1.29, 1.82) is 0 Å². The molecular formula is C18H17F3N4OS. The molecule has 0 amide bonds. The first-order chi connectivity index (χ1) is 12.9. The van der Waals surface area contributed by atoms with Crippen LogP contribution in [0.3, 0.4) is 0 Å². The molecule has 5 nitrogen and oxygen atoms in total. The van der Waals surface area contributed by atoms with Crippen molar-refractivity contribution in [2.75, 3.05) is 18.0 Å². The maximum atomic E-state index is 12.8. The highest BCUT2D eigenvalue weighted by Crippen LogP contribution is 2.31. The van der Waals surface area contributed by atoms with Crippen LogP contribution in [0, 0.1) is 5.92 Å². The Bertz CT molecular complexity index is 972. The lowest BCUT2D eigenvalue weighted by Crippen LogP contribution is -2.37. The number of hydrogen-bond donors (Lipinski definition) is 0. The Hall–Kier alpha value is -2.42. The fraction of sp³-hybridized carbons (Fsp3) is 0.389. The van der Waals surface area contributed by atoms with Gasteiger partial charge in [0, 0.05) is 25.7 Å². The van der Waals surface area contributed by atoms with Crippen molar-refractivity contribution in [2.24, 2.45) is 5.92 Å². The summed E-state index contributed by atoms with van der Waals surface area (Å²) in [6, 6.07) is 9.62. The number of thiazole rings is 1. The molecule has 1 aromatic carbocycles. The number of nitrogens with zero attached hydrogens (tertiary/aromatic N) is 4. The average Bonchev–Trinajstić information content (AvgIpc) is 3.07. The number of hydrogen-bond acceptors (Lipinski definition) is 5. The molecule has 0 radical (unpaired) electrons. The van der Waals surface area contributed by atoms with Crippen molar-refractivity contribution in [3.8, 4) is 0 Å². The summed E-state index contributed by atoms with van der Waals surface area (Å²) in [5, 5.41) is 4.46. The van der Waals surface area contributed by atoms with Gasteiger partial charge in [0.05, 0.1) is 10.2 Å². The molecule has 1 fully saturated rings. The largest absolute Gasteiger partial charge is 0.435 e. The van der Waals surface area contributed by atoms with Gasteiger partial charge in [-0.05, 0) is 37.0 Å². The van der Waals surface area contributed by atoms with Crippen LogP contribution >= 0.6 is 11.3 Å². The van der Waals surface area contributed by atoms with Crippen LogP contribution in [0.15, 0.2) is 41.2 Å². The summed E-state index contributed by atoms with van der Waals surface area (Å²) >= 11 is 1.64. The molecule has 27 heavy (non-hydrogen) atoms. The summed E-state index contributed by atoms with van der Waals surface area (Å²) in [6.45, 7) is 1.73. The second-order valence-corrected chi connectivity index (χ2v) is 7.64. The molecule has 1 aliphatic rings. The Labute approximate surface area is 157 Å². The summed E-state index contributed by atoms with van der Waals surface area (Å²) in [7, 11) is 0. The zero-order chi connectivity index (χ0) is 19.0. The fourth-order valence-corrected chi connectivity index (χ4v) is 4.29. The molecule has 0 aliphatic carbocycles. The Morgan fingerprint density at radius 3 is 2.56 bits per heavy atom. The van der Waals surface area contributed by atoms with E-state index in [0.29, 0.717) is 0 Å². The lowest BCUT2D eigenvalue weighted by Gasteiger charge is -2.31. The normalized spacial score (nSPS) is 16.2. The van der Waals surface area contributed by atoms with Crippen molar-refractivity contribution >= 4 is 26.7 Å². The molecule has 0 atom stereocenters. The van der Waals surface area contributed by atoms with Gasteiger partial charge in [-0.25, -0.2) is 9.67 Å². The first kappa shape index (κ1) is 18.0. The molecule has 0 spiro atoms. The van der Waals surface area contributed by atoms with E-state index >= 15 is 0 Å². The monoisotopic (exact) mass is 394 g/mol. The summed E-state index contributed by atoms with van der Waals surface area (Å²) in [5.74, 6) is 0.115. The highest BCUT2D eigenvalue weighted by atomic mass is 32.1. The van der Waals surface area contributed by atoms with Crippen LogP contribution in [0.5, 0.6) is 0 Å². The number of alkyl halides is 3. The zero-order valence-corrected chi connectivity index (χ0v) is 15.1. The van der Waals surface area contributed by atoms with Gasteiger partial charge in [0.2, 0.25) is 0 Å². The maximum Gasteiger partial charge on any atom is 0.435 e. The fourth-order valence-electron chi connectivity index (χ4n) is 3.28. The molecule has 0 saturated carbocycles. The van der Waals surface area contributed by atoms with Crippen molar-refractivity contribution < 1.29 is 13.2 Å². The van der Waals surface area contributed by atoms with Gasteiger partial charge in [0.1, 0.15) is 0 Å². The van der Waals surface area contributed by atoms with Crippen LogP contribution in [0.1, 0.15) is 18.5 Å². The minimum absolute atomic E-state index is 0.115. The van der Waals surface area contributed by atoms with E-state index in [1.807, 2.05) is 24.3 Å². The van der Waals surface area contributed by atoms with Crippen LogP contribution < -0.4 is 10.5 Å². The first-order valence-corrected chi connectivity index (χ1v) is 9.48. The van der Waals surface area contributed by atoms with Crippen LogP contribution in [0.2, 0.25) is 0 Å². The van der Waals surface area contributed by atoms with Crippen LogP contribution in [0.4, 0.5) is 18.3 Å². The Balaban J connectivity index is 1.43. The molecule has 9 heteroatoms. The van der Waals surface area contributed by atoms with Gasteiger partial charge in [-0.3, -0.25) is 4.79 Å². The van der Waals surface area contributed by atoms with Crippen molar-refractivity contribution in [1.82, 2.24) is 14.8 Å². The number of aromatic nitrogens is 3. The van der Waals surface area contributed by atoms with Gasteiger partial charge in [0.25, 0.3) is 5.56 Å². The average molecular weight is 394 g/mol. The second kappa shape index (κ2) is 6.95. The zero-order valence-electron chi connectivity index (χ0n) is 14.3. The summed E-state index contributed by atoms with van der Waals surface area (Å²) < 4.78 is 40.5. The highest BCUT2D eigenvalue weighted by Gasteiger charge is 2.33. The van der Waals surface area contributed by atoms with Gasteiger partial charge in [0.15, 0.2) is 10.8 Å². The summed E-state index contributed by atoms with van der Waals surface area (Å²) in [5.41, 5.74) is -0.565. The summed E-state index contributed by atoms with van der Waals surface area (Å²) in [4.78, 5) is 18.7. The van der Waals surface area contributed by atoms with E-state index < -0.39 is 17.4 Å². The standard InChI is InChI=1S/C18H17F3N4OS/c19-18(20,21)15-5-6-16(26)25(23-15)11-12-7-9-24(10-8-12)17-22-13-3-1-2-4-14(13)27-17/h1-6,12H,7-11H2. The third-order valence-electron chi connectivity index (χ3n) is 4.76. The molecule has 0 bridgehead atoms. The quantitative estimate of drug-likeness (QED) is 0.678. The number of benzene rings is 1. The van der Waals surface area contributed by atoms with Gasteiger partial charge in [-0.1, -0.05) is 23.5 Å². The lowest BCUT2D eigenvalue weighted by molar-refractivity contribution is -0.142. The predicted molar refractivity (Wildman–Crippen MR) is 98.1 cm³/mol. The molecule has 1 aliphatic heterocycles. The second-order valence-electron chi connectivity index (χ2n) is 6.63. The Kier molecular flexibility index (Phi) is 4.63. The SMILES string of the molecule is O=c1ccc(C(F)(F)F)nn1CC1CCN(c2nc3ccccc3s2)CC1. The highest BCUT2D eigenvalue weighted by molar-refractivity contribution is 7.22. The number of halogens is 3. The predicted octanol–water partition coefficient (Wildman–Crippen LogP) is 3.79. The van der Waals surface area contributed by atoms with E-state index in [9.17, 15) is 18.0 Å². The minimum atomic E-state index is -4.55. The molecule has 142 valence electrons. The van der Waals surface area contributed by atoms with E-state index in [4.69, 9.17) is 0 Å². The number of rotatable bonds is 3. The van der Waals surface area contributed by atoms with Gasteiger partial charge >= 0.3 is 6.18 Å². The molecule has 2 aromatic heterocycles. The topological polar surface area (TPSA) is 51.0 Å². The van der Waals surface area contributed by atoms with E-state index in [1.165, 1.54) is 0 Å². The third-order valence-corrected chi connectivity index (χ3v) is 5.85. The molecule has 4 rings (SSSR count). The van der Waals surface area contributed by atoms with E-state index in [0.717, 1.165) is 58.1 Å². The van der Waals surface area contributed by atoms with Gasteiger partial charge in [-0.2, -0.15) is 18.3 Å². The number of piperidine rings is 1. The van der Waals surface area contributed by atoms with Crippen LogP contribution in [-0.4, -0.2) is 27.9 Å². The lowest BCUT2D eigenvalue weighted by atomic mass is 9.97. The Morgan fingerprint density at radius 1 is 1.11 bits per heavy atom. The molecule has 1 saturated heterocycles. The van der Waals surface area contributed by atoms with Crippen molar-refractivity contribution in [3.05, 3.63) is 52.4 Å². The van der Waals surface area contributed by atoms with Crippen LogP contribution in [0.25, 0.3) is 10.2 Å². The summed E-state index contributed by atoms with van der Waals surface area (Å²) in [6.07, 6.45) is -2.99. The van der Waals surface area contributed by atoms with E-state index in [2.05, 4.69) is 15.0 Å². The molecule has 3 aromatic rings. The smallest absolute Gasteiger partial charge is 0.348 e. The first-order valence-electron chi connectivity index (χ1n) is 8.66. The number of para-hydroxylation sites is 1. The molecule has 0 unspecified atom stereocenters. The number of fused-ring (bicyclic) bond motifs is 1. The minimum Gasteiger partial charge on any atom is -0.348 e. The van der Waals surface area contributed by atoms with E-state index in [1.54, 1.807) is 11.3 Å². The Morgan fingerprint density at radius 2 is 1.85 bits per heavy atom. The number of anilines is 1. The maximum absolute atomic E-state index is 12.8. The molecular weight excluding hydrogens is 377 g/mol. The molecule has 0 N–H and O–H groups in total. The van der Waals surface area contributed by atoms with Gasteiger partial charge < -0.3 is 4.90 Å².